The van der Waals surface area contributed by atoms with Crippen LogP contribution in [0.3, 0.4) is 0 Å². The molecule has 3 nitrogen and oxygen atoms in total. The number of hydrogen-bond acceptors (Lipinski definition) is 5. The molecule has 0 amide bonds. The van der Waals surface area contributed by atoms with Gasteiger partial charge in [0.25, 0.3) is 0 Å². The molecule has 2 aromatic rings. The molecule has 1 N–H and O–H groups in total. The lowest BCUT2D eigenvalue weighted by atomic mass is 10.3. The molecule has 0 saturated carbocycles. The average molecular weight is 312 g/mol. The molecule has 2 rings (SSSR count). The van der Waals surface area contributed by atoms with Crippen LogP contribution in [0.1, 0.15) is 15.6 Å². The number of ether oxygens (including phenoxy) is 1. The van der Waals surface area contributed by atoms with E-state index in [0.29, 0.717) is 17.3 Å². The number of halogens is 1. The molecule has 0 fully saturated rings. The molecule has 6 heteroatoms. The van der Waals surface area contributed by atoms with Crippen molar-refractivity contribution < 1.29 is 9.13 Å². The fraction of sp³-hybridized carbons (Fsp3) is 0.357. The minimum atomic E-state index is -0.179. The number of aromatic nitrogens is 1. The van der Waals surface area contributed by atoms with Gasteiger partial charge in [0.05, 0.1) is 18.1 Å². The number of nitrogens with zero attached hydrogens (tertiary/aromatic N) is 1. The largest absolute Gasteiger partial charge is 0.378 e. The van der Waals surface area contributed by atoms with Crippen molar-refractivity contribution in [1.29, 1.82) is 0 Å². The van der Waals surface area contributed by atoms with Crippen molar-refractivity contribution in [2.75, 3.05) is 14.2 Å². The van der Waals surface area contributed by atoms with Crippen LogP contribution in [0, 0.1) is 5.82 Å². The summed E-state index contributed by atoms with van der Waals surface area (Å²) in [6.45, 7) is 1.29. The van der Waals surface area contributed by atoms with Crippen LogP contribution < -0.4 is 5.32 Å². The second kappa shape index (κ2) is 7.73. The molecular formula is C14H17FN2OS2. The molecule has 0 unspecified atom stereocenters. The Morgan fingerprint density at radius 1 is 1.40 bits per heavy atom. The lowest BCUT2D eigenvalue weighted by molar-refractivity contribution is 0.181. The van der Waals surface area contributed by atoms with Crippen LogP contribution in [0.2, 0.25) is 0 Å². The summed E-state index contributed by atoms with van der Waals surface area (Å²) in [5.74, 6) is 0.494. The summed E-state index contributed by atoms with van der Waals surface area (Å²) < 4.78 is 18.7. The van der Waals surface area contributed by atoms with Gasteiger partial charge in [0.2, 0.25) is 0 Å². The van der Waals surface area contributed by atoms with Gasteiger partial charge in [-0.25, -0.2) is 9.37 Å². The first-order chi connectivity index (χ1) is 9.74. The smallest absolute Gasteiger partial charge is 0.136 e. The summed E-state index contributed by atoms with van der Waals surface area (Å²) in [4.78, 5) is 6.41. The molecule has 0 atom stereocenters. The van der Waals surface area contributed by atoms with E-state index >= 15 is 0 Å². The Kier molecular flexibility index (Phi) is 5.97. The monoisotopic (exact) mass is 312 g/mol. The normalized spacial score (nSPS) is 10.9. The summed E-state index contributed by atoms with van der Waals surface area (Å²) in [5, 5.41) is 4.12. The van der Waals surface area contributed by atoms with Crippen molar-refractivity contribution in [1.82, 2.24) is 10.3 Å². The highest BCUT2D eigenvalue weighted by Crippen LogP contribution is 2.28. The van der Waals surface area contributed by atoms with Gasteiger partial charge < -0.3 is 10.1 Å². The van der Waals surface area contributed by atoms with E-state index in [4.69, 9.17) is 4.74 Å². The maximum Gasteiger partial charge on any atom is 0.136 e. The van der Waals surface area contributed by atoms with Crippen LogP contribution in [0.15, 0.2) is 29.2 Å². The molecule has 1 aromatic heterocycles. The van der Waals surface area contributed by atoms with E-state index in [9.17, 15) is 4.39 Å². The number of thiazole rings is 1. The number of hydrogen-bond donors (Lipinski definition) is 1. The zero-order chi connectivity index (χ0) is 14.4. The van der Waals surface area contributed by atoms with Crippen molar-refractivity contribution in [3.63, 3.8) is 0 Å². The Balaban J connectivity index is 2.06. The van der Waals surface area contributed by atoms with Gasteiger partial charge in [-0.15, -0.1) is 23.1 Å². The van der Waals surface area contributed by atoms with Gasteiger partial charge in [0.1, 0.15) is 10.8 Å². The van der Waals surface area contributed by atoms with Crippen LogP contribution >= 0.6 is 23.1 Å². The number of methoxy groups -OCH3 is 1. The van der Waals surface area contributed by atoms with Gasteiger partial charge in [-0.1, -0.05) is 12.1 Å². The predicted molar refractivity (Wildman–Crippen MR) is 81.6 cm³/mol. The Hall–Kier alpha value is -0.950. The van der Waals surface area contributed by atoms with Gasteiger partial charge in [-0.2, -0.15) is 0 Å². The summed E-state index contributed by atoms with van der Waals surface area (Å²) in [5.41, 5.74) is 0.969. The van der Waals surface area contributed by atoms with E-state index in [2.05, 4.69) is 10.3 Å². The van der Waals surface area contributed by atoms with Crippen LogP contribution in [0.25, 0.3) is 0 Å². The Morgan fingerprint density at radius 3 is 2.90 bits per heavy atom. The van der Waals surface area contributed by atoms with Gasteiger partial charge in [-0.3, -0.25) is 0 Å². The summed E-state index contributed by atoms with van der Waals surface area (Å²) in [6, 6.07) is 6.81. The SMILES string of the molecule is CNCc1sc(CSc2ccccc2F)nc1COC. The fourth-order valence-corrected chi connectivity index (χ4v) is 3.76. The molecule has 0 aliphatic carbocycles. The fourth-order valence-electron chi connectivity index (χ4n) is 1.75. The van der Waals surface area contributed by atoms with E-state index in [-0.39, 0.29) is 5.82 Å². The standard InChI is InChI=1S/C14H17FN2OS2/c1-16-7-13-11(8-18-2)17-14(20-13)9-19-12-6-4-3-5-10(12)15/h3-6,16H,7-9H2,1-2H3. The maximum absolute atomic E-state index is 13.6. The zero-order valence-electron chi connectivity index (χ0n) is 11.5. The summed E-state index contributed by atoms with van der Waals surface area (Å²) >= 11 is 3.12. The lowest BCUT2D eigenvalue weighted by Gasteiger charge is -2.00. The van der Waals surface area contributed by atoms with Gasteiger partial charge in [0.15, 0.2) is 0 Å². The van der Waals surface area contributed by atoms with Crippen molar-refractivity contribution in [3.05, 3.63) is 45.7 Å². The van der Waals surface area contributed by atoms with Gasteiger partial charge in [-0.05, 0) is 19.2 Å². The first-order valence-electron chi connectivity index (χ1n) is 6.23. The number of rotatable bonds is 7. The predicted octanol–water partition coefficient (Wildman–Crippen LogP) is 3.44. The van der Waals surface area contributed by atoms with Crippen molar-refractivity contribution in [2.45, 2.75) is 23.8 Å². The summed E-state index contributed by atoms with van der Waals surface area (Å²) in [6.07, 6.45) is 0. The van der Waals surface area contributed by atoms with E-state index in [0.717, 1.165) is 17.2 Å². The van der Waals surface area contributed by atoms with Gasteiger partial charge in [0, 0.05) is 23.4 Å². The molecule has 1 heterocycles. The van der Waals surface area contributed by atoms with Crippen LogP contribution in [-0.2, 0) is 23.6 Å². The molecular weight excluding hydrogens is 295 g/mol. The van der Waals surface area contributed by atoms with Crippen molar-refractivity contribution in [2.24, 2.45) is 0 Å². The number of nitrogens with one attached hydrogen (secondary N) is 1. The third-order valence-electron chi connectivity index (χ3n) is 2.63. The highest BCUT2D eigenvalue weighted by Gasteiger charge is 2.11. The van der Waals surface area contributed by atoms with E-state index in [1.54, 1.807) is 30.6 Å². The highest BCUT2D eigenvalue weighted by molar-refractivity contribution is 7.98. The van der Waals surface area contributed by atoms with Crippen LogP contribution in [-0.4, -0.2) is 19.1 Å². The second-order valence-electron chi connectivity index (χ2n) is 4.16. The molecule has 20 heavy (non-hydrogen) atoms. The molecule has 0 saturated heterocycles. The molecule has 0 spiro atoms. The molecule has 0 aliphatic heterocycles. The minimum Gasteiger partial charge on any atom is -0.378 e. The van der Waals surface area contributed by atoms with E-state index in [1.807, 2.05) is 13.1 Å². The third-order valence-corrected chi connectivity index (χ3v) is 4.97. The van der Waals surface area contributed by atoms with Crippen molar-refractivity contribution in [3.8, 4) is 0 Å². The second-order valence-corrected chi connectivity index (χ2v) is 6.35. The highest BCUT2D eigenvalue weighted by atomic mass is 32.2. The minimum absolute atomic E-state index is 0.179. The first-order valence-corrected chi connectivity index (χ1v) is 8.03. The zero-order valence-corrected chi connectivity index (χ0v) is 13.1. The Labute approximate surface area is 126 Å². The Bertz CT molecular complexity index is 536. The topological polar surface area (TPSA) is 34.2 Å². The Morgan fingerprint density at radius 2 is 2.20 bits per heavy atom. The maximum atomic E-state index is 13.6. The van der Waals surface area contributed by atoms with Crippen molar-refractivity contribution >= 4 is 23.1 Å². The molecule has 0 aliphatic rings. The third kappa shape index (κ3) is 4.02. The lowest BCUT2D eigenvalue weighted by Crippen LogP contribution is -2.06. The molecule has 108 valence electrons. The average Bonchev–Trinajstić information content (AvgIpc) is 2.81. The summed E-state index contributed by atoms with van der Waals surface area (Å²) in [7, 11) is 3.57. The molecule has 1 aromatic carbocycles. The quantitative estimate of drug-likeness (QED) is 0.794. The van der Waals surface area contributed by atoms with E-state index < -0.39 is 0 Å². The van der Waals surface area contributed by atoms with Crippen LogP contribution in [0.5, 0.6) is 0 Å². The van der Waals surface area contributed by atoms with Crippen LogP contribution in [0.4, 0.5) is 4.39 Å². The first kappa shape index (κ1) is 15.4. The molecule has 0 bridgehead atoms. The van der Waals surface area contributed by atoms with E-state index in [1.165, 1.54) is 22.7 Å². The number of benzene rings is 1. The molecule has 0 radical (unpaired) electrons. The number of thioether (sulfide) groups is 1. The van der Waals surface area contributed by atoms with Gasteiger partial charge >= 0.3 is 0 Å².